The second-order valence-electron chi connectivity index (χ2n) is 3.57. The Morgan fingerprint density at radius 3 is 2.75 bits per heavy atom. The molecule has 0 atom stereocenters. The van der Waals surface area contributed by atoms with E-state index in [1.54, 1.807) is 0 Å². The molecule has 4 heteroatoms. The summed E-state index contributed by atoms with van der Waals surface area (Å²) >= 11 is 0. The van der Waals surface area contributed by atoms with Gasteiger partial charge >= 0.3 is 5.97 Å². The van der Waals surface area contributed by atoms with Crippen LogP contribution in [-0.2, 0) is 11.2 Å². The number of carbonyl (C=O) groups is 2. The van der Waals surface area contributed by atoms with Gasteiger partial charge in [-0.3, -0.25) is 4.79 Å². The first-order chi connectivity index (χ1) is 7.63. The third-order valence-electron chi connectivity index (χ3n) is 2.59. The van der Waals surface area contributed by atoms with E-state index in [0.29, 0.717) is 5.39 Å². The number of rotatable bonds is 3. The number of nitrogens with one attached hydrogen (secondary N) is 1. The Hall–Kier alpha value is -2.10. The molecule has 1 heterocycles. The van der Waals surface area contributed by atoms with Gasteiger partial charge in [-0.05, 0) is 24.1 Å². The summed E-state index contributed by atoms with van der Waals surface area (Å²) in [5.41, 5.74) is 2.08. The summed E-state index contributed by atoms with van der Waals surface area (Å²) in [5.74, 6) is -2.30. The van der Waals surface area contributed by atoms with Crippen molar-refractivity contribution in [2.75, 3.05) is 0 Å². The van der Waals surface area contributed by atoms with Crippen LogP contribution < -0.4 is 0 Å². The number of H-pyrrole nitrogens is 1. The zero-order valence-corrected chi connectivity index (χ0v) is 8.78. The van der Waals surface area contributed by atoms with E-state index in [1.807, 2.05) is 25.1 Å². The number of carboxylic acid groups (broad SMARTS) is 1. The Balaban J connectivity index is 2.62. The van der Waals surface area contributed by atoms with Gasteiger partial charge < -0.3 is 10.1 Å². The Labute approximate surface area is 91.9 Å². The molecule has 4 nitrogen and oxygen atoms in total. The van der Waals surface area contributed by atoms with E-state index in [2.05, 4.69) is 4.98 Å². The molecule has 0 saturated heterocycles. The number of aromatic nitrogens is 1. The zero-order chi connectivity index (χ0) is 11.7. The molecule has 0 aliphatic heterocycles. The highest BCUT2D eigenvalue weighted by Crippen LogP contribution is 2.20. The molecule has 0 bridgehead atoms. The first kappa shape index (κ1) is 10.4. The lowest BCUT2D eigenvalue weighted by molar-refractivity contribution is -0.131. The second-order valence-corrected chi connectivity index (χ2v) is 3.57. The van der Waals surface area contributed by atoms with Gasteiger partial charge in [0.2, 0.25) is 0 Å². The van der Waals surface area contributed by atoms with Gasteiger partial charge in [0.15, 0.2) is 0 Å². The number of Topliss-reactive ketones (excluding diaryl/α,β-unsaturated/α-hetero) is 1. The maximum Gasteiger partial charge on any atom is 0.377 e. The minimum absolute atomic E-state index is 0.220. The molecule has 2 rings (SSSR count). The lowest BCUT2D eigenvalue weighted by Crippen LogP contribution is -2.11. The number of carboxylic acids is 1. The topological polar surface area (TPSA) is 70.2 Å². The maximum atomic E-state index is 11.4. The average Bonchev–Trinajstić information content (AvgIpc) is 2.70. The van der Waals surface area contributed by atoms with Crippen molar-refractivity contribution in [1.29, 1.82) is 0 Å². The third kappa shape index (κ3) is 1.58. The first-order valence-corrected chi connectivity index (χ1v) is 5.01. The van der Waals surface area contributed by atoms with Crippen LogP contribution in [-0.4, -0.2) is 21.8 Å². The van der Waals surface area contributed by atoms with Crippen LogP contribution in [0, 0.1) is 0 Å². The second kappa shape index (κ2) is 3.81. The predicted octanol–water partition coefficient (Wildman–Crippen LogP) is 2.00. The normalized spacial score (nSPS) is 10.6. The number of hydrogen-bond acceptors (Lipinski definition) is 2. The van der Waals surface area contributed by atoms with Crippen LogP contribution in [0.1, 0.15) is 22.8 Å². The van der Waals surface area contributed by atoms with E-state index in [1.165, 1.54) is 6.20 Å². The van der Waals surface area contributed by atoms with Crippen LogP contribution in [0.5, 0.6) is 0 Å². The Bertz CT molecular complexity index is 569. The quantitative estimate of drug-likeness (QED) is 0.610. The van der Waals surface area contributed by atoms with E-state index < -0.39 is 11.8 Å². The van der Waals surface area contributed by atoms with Gasteiger partial charge in [0.25, 0.3) is 5.78 Å². The van der Waals surface area contributed by atoms with Crippen molar-refractivity contribution >= 4 is 22.7 Å². The molecule has 0 radical (unpaired) electrons. The highest BCUT2D eigenvalue weighted by atomic mass is 16.4. The number of carbonyl (C=O) groups excluding carboxylic acids is 1. The Kier molecular flexibility index (Phi) is 2.48. The highest BCUT2D eigenvalue weighted by Gasteiger charge is 2.18. The molecule has 0 aliphatic rings. The van der Waals surface area contributed by atoms with Crippen molar-refractivity contribution in [2.45, 2.75) is 13.3 Å². The van der Waals surface area contributed by atoms with Gasteiger partial charge in [-0.15, -0.1) is 0 Å². The first-order valence-electron chi connectivity index (χ1n) is 5.01. The van der Waals surface area contributed by atoms with Crippen molar-refractivity contribution in [3.63, 3.8) is 0 Å². The molecule has 0 fully saturated rings. The number of aromatic amines is 1. The van der Waals surface area contributed by atoms with E-state index in [-0.39, 0.29) is 5.56 Å². The summed E-state index contributed by atoms with van der Waals surface area (Å²) in [6, 6.07) is 5.66. The van der Waals surface area contributed by atoms with Crippen molar-refractivity contribution in [3.8, 4) is 0 Å². The molecule has 2 aromatic rings. The number of ketones is 1. The molecular formula is C12H11NO3. The standard InChI is InChI=1S/C12H11NO3/c1-2-7-3-4-10-8(5-7)9(6-13-10)11(14)12(15)16/h3-6,13H,2H2,1H3,(H,15,16). The van der Waals surface area contributed by atoms with Gasteiger partial charge in [0.05, 0.1) is 5.56 Å². The van der Waals surface area contributed by atoms with Crippen molar-refractivity contribution in [1.82, 2.24) is 4.98 Å². The van der Waals surface area contributed by atoms with Crippen LogP contribution in [0.4, 0.5) is 0 Å². The molecule has 0 spiro atoms. The van der Waals surface area contributed by atoms with Gasteiger partial charge in [0, 0.05) is 17.1 Å². The number of hydrogen-bond donors (Lipinski definition) is 2. The minimum atomic E-state index is -1.43. The van der Waals surface area contributed by atoms with Crippen LogP contribution in [0.3, 0.4) is 0 Å². The fraction of sp³-hybridized carbons (Fsp3) is 0.167. The SMILES string of the molecule is CCc1ccc2[nH]cc(C(=O)C(=O)O)c2c1. The Morgan fingerprint density at radius 1 is 1.38 bits per heavy atom. The summed E-state index contributed by atoms with van der Waals surface area (Å²) in [6.45, 7) is 2.01. The summed E-state index contributed by atoms with van der Waals surface area (Å²) in [6.07, 6.45) is 2.29. The van der Waals surface area contributed by atoms with E-state index in [0.717, 1.165) is 17.5 Å². The van der Waals surface area contributed by atoms with Crippen molar-refractivity contribution < 1.29 is 14.7 Å². The van der Waals surface area contributed by atoms with E-state index >= 15 is 0 Å². The van der Waals surface area contributed by atoms with Crippen LogP contribution in [0.25, 0.3) is 10.9 Å². The molecule has 1 aromatic carbocycles. The maximum absolute atomic E-state index is 11.4. The molecule has 0 amide bonds. The summed E-state index contributed by atoms with van der Waals surface area (Å²) in [7, 11) is 0. The molecular weight excluding hydrogens is 206 g/mol. The fourth-order valence-corrected chi connectivity index (χ4v) is 1.69. The molecule has 0 unspecified atom stereocenters. The lowest BCUT2D eigenvalue weighted by Gasteiger charge is -1.98. The summed E-state index contributed by atoms with van der Waals surface area (Å²) in [5, 5.41) is 9.35. The molecule has 0 aliphatic carbocycles. The zero-order valence-electron chi connectivity index (χ0n) is 8.78. The average molecular weight is 217 g/mol. The van der Waals surface area contributed by atoms with Gasteiger partial charge in [-0.2, -0.15) is 0 Å². The van der Waals surface area contributed by atoms with Gasteiger partial charge in [-0.1, -0.05) is 13.0 Å². The number of aryl methyl sites for hydroxylation is 1. The van der Waals surface area contributed by atoms with E-state index in [9.17, 15) is 9.59 Å². The van der Waals surface area contributed by atoms with Crippen molar-refractivity contribution in [3.05, 3.63) is 35.5 Å². The smallest absolute Gasteiger partial charge is 0.377 e. The molecule has 82 valence electrons. The van der Waals surface area contributed by atoms with Crippen LogP contribution in [0.15, 0.2) is 24.4 Å². The number of benzene rings is 1. The fourth-order valence-electron chi connectivity index (χ4n) is 1.69. The molecule has 2 N–H and O–H groups in total. The van der Waals surface area contributed by atoms with Gasteiger partial charge in [-0.25, -0.2) is 4.79 Å². The van der Waals surface area contributed by atoms with Crippen LogP contribution in [0.2, 0.25) is 0 Å². The third-order valence-corrected chi connectivity index (χ3v) is 2.59. The highest BCUT2D eigenvalue weighted by molar-refractivity contribution is 6.42. The molecule has 1 aromatic heterocycles. The van der Waals surface area contributed by atoms with Gasteiger partial charge in [0.1, 0.15) is 0 Å². The summed E-state index contributed by atoms with van der Waals surface area (Å²) < 4.78 is 0. The summed E-state index contributed by atoms with van der Waals surface area (Å²) in [4.78, 5) is 24.9. The Morgan fingerprint density at radius 2 is 2.12 bits per heavy atom. The van der Waals surface area contributed by atoms with E-state index in [4.69, 9.17) is 5.11 Å². The monoisotopic (exact) mass is 217 g/mol. The molecule has 16 heavy (non-hydrogen) atoms. The lowest BCUT2D eigenvalue weighted by atomic mass is 10.1. The van der Waals surface area contributed by atoms with Crippen molar-refractivity contribution in [2.24, 2.45) is 0 Å². The molecule has 0 saturated carbocycles. The minimum Gasteiger partial charge on any atom is -0.475 e. The number of aliphatic carboxylic acids is 1. The largest absolute Gasteiger partial charge is 0.475 e. The number of fused-ring (bicyclic) bond motifs is 1. The predicted molar refractivity (Wildman–Crippen MR) is 59.6 cm³/mol. The van der Waals surface area contributed by atoms with Crippen LogP contribution >= 0.6 is 0 Å².